The fourth-order valence-electron chi connectivity index (χ4n) is 3.53. The van der Waals surface area contributed by atoms with Gasteiger partial charge in [-0.1, -0.05) is 12.1 Å². The Labute approximate surface area is 196 Å². The molecule has 3 aromatic carbocycles. The molecule has 0 atom stereocenters. The summed E-state index contributed by atoms with van der Waals surface area (Å²) in [7, 11) is -1.69. The second kappa shape index (κ2) is 9.18. The maximum atomic E-state index is 13.9. The lowest BCUT2D eigenvalue weighted by Gasteiger charge is -2.08. The van der Waals surface area contributed by atoms with Crippen LogP contribution in [0.1, 0.15) is 15.9 Å². The van der Waals surface area contributed by atoms with Crippen LogP contribution in [0.4, 0.5) is 10.1 Å². The molecule has 0 unspecified atom stereocenters. The van der Waals surface area contributed by atoms with Crippen LogP contribution in [-0.2, 0) is 9.84 Å². The number of furan rings is 1. The first-order valence-corrected chi connectivity index (χ1v) is 12.5. The number of carbonyl (C=O) groups is 1. The smallest absolute Gasteiger partial charge is 0.255 e. The summed E-state index contributed by atoms with van der Waals surface area (Å²) in [4.78, 5) is 12.7. The highest BCUT2D eigenvalue weighted by Crippen LogP contribution is 2.37. The molecule has 0 saturated carbocycles. The minimum absolute atomic E-state index is 0.106. The molecule has 4 rings (SSSR count). The Morgan fingerprint density at radius 3 is 2.44 bits per heavy atom. The molecule has 0 fully saturated rings. The molecule has 0 bridgehead atoms. The molecule has 9 heteroatoms. The van der Waals surface area contributed by atoms with E-state index in [-0.39, 0.29) is 17.5 Å². The fraction of sp³-hybridized carbons (Fsp3) is 0.160. The Bertz CT molecular complexity index is 1480. The molecule has 0 aliphatic heterocycles. The summed E-state index contributed by atoms with van der Waals surface area (Å²) in [6.07, 6.45) is 1.14. The molecule has 1 heterocycles. The maximum absolute atomic E-state index is 13.9. The van der Waals surface area contributed by atoms with Gasteiger partial charge in [0.2, 0.25) is 0 Å². The van der Waals surface area contributed by atoms with Gasteiger partial charge in [-0.3, -0.25) is 4.79 Å². The number of rotatable bonds is 7. The van der Waals surface area contributed by atoms with E-state index >= 15 is 0 Å². The predicted molar refractivity (Wildman–Crippen MR) is 130 cm³/mol. The van der Waals surface area contributed by atoms with E-state index in [0.717, 1.165) is 11.8 Å². The average molecular weight is 483 g/mol. The zero-order chi connectivity index (χ0) is 24.5. The van der Waals surface area contributed by atoms with Crippen LogP contribution in [0.3, 0.4) is 0 Å². The zero-order valence-electron chi connectivity index (χ0n) is 18.8. The molecule has 1 amide bonds. The number of fused-ring (bicyclic) bond motifs is 1. The van der Waals surface area contributed by atoms with Gasteiger partial charge in [0.1, 0.15) is 23.0 Å². The molecule has 0 saturated heterocycles. The Kier molecular flexibility index (Phi) is 6.30. The van der Waals surface area contributed by atoms with E-state index in [9.17, 15) is 17.6 Å². The van der Waals surface area contributed by atoms with Gasteiger partial charge in [0, 0.05) is 36.0 Å². The van der Waals surface area contributed by atoms with Crippen molar-refractivity contribution < 1.29 is 26.8 Å². The largest absolute Gasteiger partial charge is 0.455 e. The minimum atomic E-state index is -3.23. The van der Waals surface area contributed by atoms with E-state index in [1.807, 2.05) is 6.92 Å². The number of hydrogen-bond donors (Lipinski definition) is 2. The van der Waals surface area contributed by atoms with Crippen LogP contribution in [0.2, 0.25) is 0 Å². The number of sulfone groups is 1. The van der Waals surface area contributed by atoms with Crippen molar-refractivity contribution in [2.75, 3.05) is 24.5 Å². The second-order valence-corrected chi connectivity index (χ2v) is 9.99. The van der Waals surface area contributed by atoms with Crippen molar-refractivity contribution in [1.82, 2.24) is 5.32 Å². The van der Waals surface area contributed by atoms with Crippen LogP contribution in [-0.4, -0.2) is 33.5 Å². The standard InChI is InChI=1S/C25H23FN2O5S/c1-15-12-18-22(13-20(15)28-14-34(3,30)31)33-24(23(18)25(29)27-2)16-8-10-17(11-9-16)32-21-7-5-4-6-19(21)26/h4-13,28H,14H2,1-3H3,(H,27,29). The quantitative estimate of drug-likeness (QED) is 0.380. The third kappa shape index (κ3) is 4.89. The predicted octanol–water partition coefficient (Wildman–Crippen LogP) is 5.11. The van der Waals surface area contributed by atoms with Gasteiger partial charge in [-0.25, -0.2) is 12.8 Å². The first-order valence-electron chi connectivity index (χ1n) is 10.4. The van der Waals surface area contributed by atoms with Gasteiger partial charge in [0.05, 0.1) is 5.56 Å². The van der Waals surface area contributed by atoms with Gasteiger partial charge in [0.25, 0.3) is 5.91 Å². The zero-order valence-corrected chi connectivity index (χ0v) is 19.6. The van der Waals surface area contributed by atoms with Crippen molar-refractivity contribution in [2.45, 2.75) is 6.92 Å². The Morgan fingerprint density at radius 2 is 1.79 bits per heavy atom. The molecule has 0 spiro atoms. The van der Waals surface area contributed by atoms with Gasteiger partial charge >= 0.3 is 0 Å². The lowest BCUT2D eigenvalue weighted by atomic mass is 10.0. The molecule has 0 aliphatic carbocycles. The highest BCUT2D eigenvalue weighted by atomic mass is 32.2. The summed E-state index contributed by atoms with van der Waals surface area (Å²) in [5, 5.41) is 6.14. The SMILES string of the molecule is CNC(=O)c1c(-c2ccc(Oc3ccccc3F)cc2)oc2cc(NCS(C)(=O)=O)c(C)cc12. The Morgan fingerprint density at radius 1 is 1.09 bits per heavy atom. The van der Waals surface area contributed by atoms with Crippen molar-refractivity contribution in [3.05, 3.63) is 77.6 Å². The third-order valence-corrected chi connectivity index (χ3v) is 5.86. The average Bonchev–Trinajstić information content (AvgIpc) is 3.16. The molecular formula is C25H23FN2O5S. The number of halogens is 1. The molecule has 0 radical (unpaired) electrons. The lowest BCUT2D eigenvalue weighted by molar-refractivity contribution is 0.0964. The van der Waals surface area contributed by atoms with Crippen LogP contribution >= 0.6 is 0 Å². The van der Waals surface area contributed by atoms with Crippen molar-refractivity contribution in [2.24, 2.45) is 0 Å². The number of aryl methyl sites for hydroxylation is 1. The van der Waals surface area contributed by atoms with Gasteiger partial charge in [-0.05, 0) is 55.0 Å². The van der Waals surface area contributed by atoms with E-state index in [0.29, 0.717) is 39.3 Å². The number of para-hydroxylation sites is 1. The monoisotopic (exact) mass is 482 g/mol. The van der Waals surface area contributed by atoms with Crippen molar-refractivity contribution in [1.29, 1.82) is 0 Å². The first kappa shape index (κ1) is 23.3. The summed E-state index contributed by atoms with van der Waals surface area (Å²) in [5.74, 6) is -0.132. The number of nitrogens with one attached hydrogen (secondary N) is 2. The molecule has 2 N–H and O–H groups in total. The Balaban J connectivity index is 1.73. The van der Waals surface area contributed by atoms with Gasteiger partial charge < -0.3 is 19.8 Å². The van der Waals surface area contributed by atoms with Crippen molar-refractivity contribution in [3.63, 3.8) is 0 Å². The highest BCUT2D eigenvalue weighted by molar-refractivity contribution is 7.90. The van der Waals surface area contributed by atoms with Crippen LogP contribution < -0.4 is 15.4 Å². The molecular weight excluding hydrogens is 459 g/mol. The molecule has 34 heavy (non-hydrogen) atoms. The van der Waals surface area contributed by atoms with Crippen LogP contribution in [0.5, 0.6) is 11.5 Å². The summed E-state index contributed by atoms with van der Waals surface area (Å²) in [6.45, 7) is 1.82. The van der Waals surface area contributed by atoms with Gasteiger partial charge in [-0.2, -0.15) is 0 Å². The molecule has 0 aliphatic rings. The van der Waals surface area contributed by atoms with E-state index in [2.05, 4.69) is 10.6 Å². The lowest BCUT2D eigenvalue weighted by Crippen LogP contribution is -2.18. The number of ether oxygens (including phenoxy) is 1. The normalized spacial score (nSPS) is 11.4. The second-order valence-electron chi connectivity index (χ2n) is 7.85. The number of amides is 1. The van der Waals surface area contributed by atoms with Crippen molar-refractivity contribution in [3.8, 4) is 22.8 Å². The summed E-state index contributed by atoms with van der Waals surface area (Å²) in [5.41, 5.74) is 2.77. The molecule has 4 aromatic rings. The number of benzene rings is 3. The number of hydrogen-bond acceptors (Lipinski definition) is 6. The van der Waals surface area contributed by atoms with E-state index in [1.165, 1.54) is 19.2 Å². The topological polar surface area (TPSA) is 97.6 Å². The molecule has 7 nitrogen and oxygen atoms in total. The van der Waals surface area contributed by atoms with E-state index < -0.39 is 15.7 Å². The molecule has 176 valence electrons. The van der Waals surface area contributed by atoms with Gasteiger partial charge in [0.15, 0.2) is 21.4 Å². The number of carbonyl (C=O) groups excluding carboxylic acids is 1. The Hall–Kier alpha value is -3.85. The number of anilines is 1. The highest BCUT2D eigenvalue weighted by Gasteiger charge is 2.23. The van der Waals surface area contributed by atoms with Crippen LogP contribution in [0.15, 0.2) is 65.1 Å². The summed E-state index contributed by atoms with van der Waals surface area (Å²) >= 11 is 0. The summed E-state index contributed by atoms with van der Waals surface area (Å²) in [6, 6.07) is 16.3. The van der Waals surface area contributed by atoms with Crippen LogP contribution in [0, 0.1) is 12.7 Å². The summed E-state index contributed by atoms with van der Waals surface area (Å²) < 4.78 is 48.6. The van der Waals surface area contributed by atoms with Crippen LogP contribution in [0.25, 0.3) is 22.3 Å². The van der Waals surface area contributed by atoms with E-state index in [1.54, 1.807) is 48.5 Å². The molecule has 1 aromatic heterocycles. The van der Waals surface area contributed by atoms with Crippen molar-refractivity contribution >= 4 is 32.4 Å². The van der Waals surface area contributed by atoms with Gasteiger partial charge in [-0.15, -0.1) is 0 Å². The van der Waals surface area contributed by atoms with E-state index in [4.69, 9.17) is 9.15 Å². The maximum Gasteiger partial charge on any atom is 0.255 e. The fourth-order valence-corrected chi connectivity index (χ4v) is 3.95. The third-order valence-electron chi connectivity index (χ3n) is 5.19. The minimum Gasteiger partial charge on any atom is -0.455 e. The first-order chi connectivity index (χ1) is 16.2.